The van der Waals surface area contributed by atoms with Gasteiger partial charge in [0.1, 0.15) is 6.61 Å². The van der Waals surface area contributed by atoms with Gasteiger partial charge in [-0.2, -0.15) is 0 Å². The molecule has 3 rings (SSSR count). The monoisotopic (exact) mass is 340 g/mol. The van der Waals surface area contributed by atoms with E-state index in [1.54, 1.807) is 0 Å². The minimum Gasteiger partial charge on any atom is -0.483 e. The van der Waals surface area contributed by atoms with E-state index in [2.05, 4.69) is 10.9 Å². The molecule has 128 valence electrons. The molecule has 3 aromatic carbocycles. The van der Waals surface area contributed by atoms with E-state index in [0.29, 0.717) is 6.54 Å². The van der Waals surface area contributed by atoms with Crippen LogP contribution in [-0.4, -0.2) is 0 Å². The average Bonchev–Trinajstić information content (AvgIpc) is 2.63. The molecule has 25 heavy (non-hydrogen) atoms. The van der Waals surface area contributed by atoms with Gasteiger partial charge in [-0.05, 0) is 35.4 Å². The second kappa shape index (κ2) is 8.26. The van der Waals surface area contributed by atoms with Gasteiger partial charge in [0.2, 0.25) is 0 Å². The molecule has 5 heteroatoms. The van der Waals surface area contributed by atoms with Crippen LogP contribution in [0.15, 0.2) is 72.8 Å². The summed E-state index contributed by atoms with van der Waals surface area (Å²) < 4.78 is 32.5. The molecule has 3 aromatic rings. The molecule has 2 N–H and O–H groups in total. The Kier molecular flexibility index (Phi) is 5.59. The second-order valence-corrected chi connectivity index (χ2v) is 5.50. The zero-order valence-corrected chi connectivity index (χ0v) is 13.5. The topological polar surface area (TPSA) is 33.3 Å². The van der Waals surface area contributed by atoms with Gasteiger partial charge in [-0.25, -0.2) is 14.2 Å². The summed E-state index contributed by atoms with van der Waals surface area (Å²) >= 11 is 0. The second-order valence-electron chi connectivity index (χ2n) is 5.50. The van der Waals surface area contributed by atoms with Crippen molar-refractivity contribution in [2.75, 3.05) is 5.43 Å². The first-order valence-electron chi connectivity index (χ1n) is 7.91. The molecule has 0 aliphatic carbocycles. The van der Waals surface area contributed by atoms with Crippen molar-refractivity contribution in [2.24, 2.45) is 0 Å². The number of hydrogen-bond donors (Lipinski definition) is 2. The third-order valence-electron chi connectivity index (χ3n) is 3.59. The van der Waals surface area contributed by atoms with Gasteiger partial charge >= 0.3 is 0 Å². The van der Waals surface area contributed by atoms with Gasteiger partial charge in [0, 0.05) is 12.2 Å². The lowest BCUT2D eigenvalue weighted by Crippen LogP contribution is -2.20. The summed E-state index contributed by atoms with van der Waals surface area (Å²) in [6, 6.07) is 21.1. The Labute approximate surface area is 145 Å². The Bertz CT molecular complexity index is 805. The van der Waals surface area contributed by atoms with Crippen LogP contribution in [-0.2, 0) is 13.2 Å². The normalized spacial score (nSPS) is 10.5. The fraction of sp³-hybridized carbons (Fsp3) is 0.100. The number of anilines is 1. The molecule has 0 unspecified atom stereocenters. The van der Waals surface area contributed by atoms with Gasteiger partial charge in [0.25, 0.3) is 0 Å². The number of nitrogens with one attached hydrogen (secondary N) is 2. The summed E-state index contributed by atoms with van der Waals surface area (Å²) in [6.07, 6.45) is 0. The van der Waals surface area contributed by atoms with Crippen LogP contribution in [0.3, 0.4) is 0 Å². The predicted molar refractivity (Wildman–Crippen MR) is 94.0 cm³/mol. The van der Waals surface area contributed by atoms with E-state index in [1.165, 1.54) is 18.2 Å². The first-order valence-corrected chi connectivity index (χ1v) is 7.91. The minimum absolute atomic E-state index is 0.0950. The molecule has 0 aliphatic rings. The molecule has 0 radical (unpaired) electrons. The molecule has 0 spiro atoms. The summed E-state index contributed by atoms with van der Waals surface area (Å²) in [6.45, 7) is 0.689. The molecule has 0 saturated carbocycles. The van der Waals surface area contributed by atoms with Crippen LogP contribution in [0.2, 0.25) is 0 Å². The van der Waals surface area contributed by atoms with Gasteiger partial charge < -0.3 is 10.2 Å². The van der Waals surface area contributed by atoms with Crippen molar-refractivity contribution >= 4 is 5.69 Å². The van der Waals surface area contributed by atoms with E-state index in [4.69, 9.17) is 4.74 Å². The summed E-state index contributed by atoms with van der Waals surface area (Å²) in [4.78, 5) is 0. The number of ether oxygens (including phenoxy) is 1. The molecular weight excluding hydrogens is 322 g/mol. The number of hydrogen-bond acceptors (Lipinski definition) is 3. The van der Waals surface area contributed by atoms with Crippen molar-refractivity contribution in [3.63, 3.8) is 0 Å². The number of para-hydroxylation sites is 2. The summed E-state index contributed by atoms with van der Waals surface area (Å²) in [5.74, 6) is -1.76. The van der Waals surface area contributed by atoms with E-state index in [-0.39, 0.29) is 12.4 Å². The van der Waals surface area contributed by atoms with Gasteiger partial charge in [-0.15, -0.1) is 0 Å². The third-order valence-corrected chi connectivity index (χ3v) is 3.59. The van der Waals surface area contributed by atoms with Crippen molar-refractivity contribution < 1.29 is 13.5 Å². The average molecular weight is 340 g/mol. The highest BCUT2D eigenvalue weighted by atomic mass is 19.1. The van der Waals surface area contributed by atoms with E-state index >= 15 is 0 Å². The molecular formula is C20H18F2N2O. The number of halogens is 2. The molecule has 0 bridgehead atoms. The lowest BCUT2D eigenvalue weighted by molar-refractivity contribution is 0.274. The van der Waals surface area contributed by atoms with Crippen LogP contribution in [0.4, 0.5) is 14.5 Å². The molecule has 0 heterocycles. The maximum atomic E-state index is 13.6. The van der Waals surface area contributed by atoms with Crippen molar-refractivity contribution in [1.82, 2.24) is 5.43 Å². The quantitative estimate of drug-likeness (QED) is 0.614. The van der Waals surface area contributed by atoms with Crippen LogP contribution < -0.4 is 15.6 Å². The predicted octanol–water partition coefficient (Wildman–Crippen LogP) is 4.66. The number of benzene rings is 3. The van der Waals surface area contributed by atoms with Gasteiger partial charge in [0.05, 0.1) is 0 Å². The summed E-state index contributed by atoms with van der Waals surface area (Å²) in [5, 5.41) is 0. The Balaban J connectivity index is 1.56. The highest BCUT2D eigenvalue weighted by Gasteiger charge is 2.09. The first kappa shape index (κ1) is 16.9. The molecule has 0 atom stereocenters. The van der Waals surface area contributed by atoms with Gasteiger partial charge in [-0.3, -0.25) is 0 Å². The summed E-state index contributed by atoms with van der Waals surface area (Å²) in [7, 11) is 0. The maximum Gasteiger partial charge on any atom is 0.191 e. The van der Waals surface area contributed by atoms with Gasteiger partial charge in [0.15, 0.2) is 17.4 Å². The molecule has 0 aliphatic heterocycles. The largest absolute Gasteiger partial charge is 0.483 e. The van der Waals surface area contributed by atoms with Crippen molar-refractivity contribution in [3.05, 3.63) is 95.6 Å². The van der Waals surface area contributed by atoms with Crippen LogP contribution >= 0.6 is 0 Å². The fourth-order valence-corrected chi connectivity index (χ4v) is 2.38. The van der Waals surface area contributed by atoms with Crippen molar-refractivity contribution in [1.29, 1.82) is 0 Å². The third kappa shape index (κ3) is 4.78. The lowest BCUT2D eigenvalue weighted by Gasteiger charge is -2.11. The van der Waals surface area contributed by atoms with Gasteiger partial charge in [-0.1, -0.05) is 48.5 Å². The van der Waals surface area contributed by atoms with Crippen LogP contribution in [0.1, 0.15) is 11.1 Å². The van der Waals surface area contributed by atoms with E-state index in [1.807, 2.05) is 54.6 Å². The maximum absolute atomic E-state index is 13.6. The zero-order valence-electron chi connectivity index (χ0n) is 13.5. The molecule has 0 aromatic heterocycles. The lowest BCUT2D eigenvalue weighted by atomic mass is 10.1. The zero-order chi connectivity index (χ0) is 17.5. The Morgan fingerprint density at radius 3 is 2.20 bits per heavy atom. The molecule has 3 nitrogen and oxygen atoms in total. The number of hydrazine groups is 1. The Morgan fingerprint density at radius 1 is 0.760 bits per heavy atom. The fourth-order valence-electron chi connectivity index (χ4n) is 2.38. The van der Waals surface area contributed by atoms with E-state index in [0.717, 1.165) is 16.8 Å². The van der Waals surface area contributed by atoms with Crippen molar-refractivity contribution in [2.45, 2.75) is 13.2 Å². The smallest absolute Gasteiger partial charge is 0.191 e. The standard InChI is InChI=1S/C20H18F2N2O/c21-18-10-5-11-19(22)20(18)25-14-16-7-4-6-15(12-16)13-23-24-17-8-2-1-3-9-17/h1-12,23-24H,13-14H2. The van der Waals surface area contributed by atoms with Crippen LogP contribution in [0.25, 0.3) is 0 Å². The highest BCUT2D eigenvalue weighted by molar-refractivity contribution is 5.41. The highest BCUT2D eigenvalue weighted by Crippen LogP contribution is 2.22. The van der Waals surface area contributed by atoms with Crippen LogP contribution in [0, 0.1) is 11.6 Å². The Hall–Kier alpha value is -2.92. The minimum atomic E-state index is -0.704. The Morgan fingerprint density at radius 2 is 1.44 bits per heavy atom. The first-order chi connectivity index (χ1) is 12.2. The van der Waals surface area contributed by atoms with E-state index < -0.39 is 11.6 Å². The number of rotatable bonds is 7. The van der Waals surface area contributed by atoms with Crippen LogP contribution in [0.5, 0.6) is 5.75 Å². The molecule has 0 saturated heterocycles. The molecule has 0 amide bonds. The molecule has 0 fully saturated rings. The summed E-state index contributed by atoms with van der Waals surface area (Å²) in [5.41, 5.74) is 9.06. The van der Waals surface area contributed by atoms with E-state index in [9.17, 15) is 8.78 Å². The van der Waals surface area contributed by atoms with Crippen molar-refractivity contribution in [3.8, 4) is 5.75 Å². The SMILES string of the molecule is Fc1cccc(F)c1OCc1cccc(CNNc2ccccc2)c1.